The van der Waals surface area contributed by atoms with E-state index in [2.05, 4.69) is 19.2 Å². The quantitative estimate of drug-likeness (QED) is 0.676. The zero-order chi connectivity index (χ0) is 15.7. The summed E-state index contributed by atoms with van der Waals surface area (Å²) in [6.07, 6.45) is 3.01. The summed E-state index contributed by atoms with van der Waals surface area (Å²) in [5, 5.41) is 3.33. The number of nitrogens with one attached hydrogen (secondary N) is 1. The molecule has 4 nitrogen and oxygen atoms in total. The van der Waals surface area contributed by atoms with Crippen LogP contribution in [0.3, 0.4) is 0 Å². The highest BCUT2D eigenvalue weighted by atomic mass is 32.2. The van der Waals surface area contributed by atoms with Crippen molar-refractivity contribution in [1.29, 1.82) is 0 Å². The lowest BCUT2D eigenvalue weighted by Gasteiger charge is -2.16. The SMILES string of the molecule is CCCCN(C)S(=O)(=O)Cc1ccc(CNCCC)cc1. The minimum atomic E-state index is -3.20. The van der Waals surface area contributed by atoms with Gasteiger partial charge in [0.1, 0.15) is 0 Å². The average molecular weight is 312 g/mol. The van der Waals surface area contributed by atoms with E-state index in [4.69, 9.17) is 0 Å². The van der Waals surface area contributed by atoms with E-state index < -0.39 is 10.0 Å². The summed E-state index contributed by atoms with van der Waals surface area (Å²) in [6.45, 7) is 6.62. The van der Waals surface area contributed by atoms with Gasteiger partial charge in [-0.25, -0.2) is 12.7 Å². The first-order valence-corrected chi connectivity index (χ1v) is 9.33. The first kappa shape index (κ1) is 18.1. The van der Waals surface area contributed by atoms with Crippen molar-refractivity contribution in [3.8, 4) is 0 Å². The van der Waals surface area contributed by atoms with E-state index in [0.717, 1.165) is 37.9 Å². The Labute approximate surface area is 129 Å². The third kappa shape index (κ3) is 6.59. The van der Waals surface area contributed by atoms with E-state index in [-0.39, 0.29) is 5.75 Å². The molecule has 1 aromatic carbocycles. The third-order valence-corrected chi connectivity index (χ3v) is 5.26. The highest BCUT2D eigenvalue weighted by molar-refractivity contribution is 7.88. The van der Waals surface area contributed by atoms with Crippen molar-refractivity contribution in [2.24, 2.45) is 0 Å². The van der Waals surface area contributed by atoms with Gasteiger partial charge in [0.2, 0.25) is 10.0 Å². The van der Waals surface area contributed by atoms with Gasteiger partial charge in [0.05, 0.1) is 5.75 Å². The van der Waals surface area contributed by atoms with Crippen LogP contribution in [0, 0.1) is 0 Å². The van der Waals surface area contributed by atoms with Crippen molar-refractivity contribution in [1.82, 2.24) is 9.62 Å². The van der Waals surface area contributed by atoms with Gasteiger partial charge >= 0.3 is 0 Å². The maximum atomic E-state index is 12.2. The van der Waals surface area contributed by atoms with E-state index >= 15 is 0 Å². The third-order valence-electron chi connectivity index (χ3n) is 3.43. The van der Waals surface area contributed by atoms with E-state index in [1.54, 1.807) is 7.05 Å². The molecule has 1 aromatic rings. The Morgan fingerprint density at radius 2 is 1.67 bits per heavy atom. The van der Waals surface area contributed by atoms with E-state index in [9.17, 15) is 8.42 Å². The maximum absolute atomic E-state index is 12.2. The van der Waals surface area contributed by atoms with Gasteiger partial charge in [0, 0.05) is 20.1 Å². The molecule has 0 aliphatic rings. The minimum absolute atomic E-state index is 0.0792. The molecular weight excluding hydrogens is 284 g/mol. The topological polar surface area (TPSA) is 49.4 Å². The smallest absolute Gasteiger partial charge is 0.218 e. The van der Waals surface area contributed by atoms with Crippen molar-refractivity contribution in [3.63, 3.8) is 0 Å². The summed E-state index contributed by atoms with van der Waals surface area (Å²) in [5.74, 6) is 0.0792. The summed E-state index contributed by atoms with van der Waals surface area (Å²) in [7, 11) is -1.54. The molecule has 5 heteroatoms. The van der Waals surface area contributed by atoms with Gasteiger partial charge in [-0.15, -0.1) is 0 Å². The summed E-state index contributed by atoms with van der Waals surface area (Å²) >= 11 is 0. The lowest BCUT2D eigenvalue weighted by molar-refractivity contribution is 0.458. The van der Waals surface area contributed by atoms with Gasteiger partial charge in [-0.2, -0.15) is 0 Å². The molecule has 0 saturated carbocycles. The molecule has 0 radical (unpaired) electrons. The number of benzene rings is 1. The highest BCUT2D eigenvalue weighted by Gasteiger charge is 2.17. The molecular formula is C16H28N2O2S. The van der Waals surface area contributed by atoms with Crippen LogP contribution in [-0.2, 0) is 22.3 Å². The fourth-order valence-electron chi connectivity index (χ4n) is 2.00. The zero-order valence-electron chi connectivity index (χ0n) is 13.4. The minimum Gasteiger partial charge on any atom is -0.313 e. The Morgan fingerprint density at radius 1 is 1.05 bits per heavy atom. The molecule has 0 unspecified atom stereocenters. The molecule has 0 amide bonds. The van der Waals surface area contributed by atoms with Crippen LogP contribution in [0.25, 0.3) is 0 Å². The average Bonchev–Trinajstić information content (AvgIpc) is 2.46. The molecule has 0 aromatic heterocycles. The van der Waals surface area contributed by atoms with Crippen molar-refractivity contribution >= 4 is 10.0 Å². The van der Waals surface area contributed by atoms with E-state index in [0.29, 0.717) is 6.54 Å². The van der Waals surface area contributed by atoms with Gasteiger partial charge in [-0.1, -0.05) is 44.5 Å². The largest absolute Gasteiger partial charge is 0.313 e. The number of hydrogen-bond donors (Lipinski definition) is 1. The Bertz CT molecular complexity index is 498. The monoisotopic (exact) mass is 312 g/mol. The van der Waals surface area contributed by atoms with Gasteiger partial charge in [-0.3, -0.25) is 0 Å². The van der Waals surface area contributed by atoms with Gasteiger partial charge < -0.3 is 5.32 Å². The van der Waals surface area contributed by atoms with Crippen LogP contribution >= 0.6 is 0 Å². The molecule has 120 valence electrons. The lowest BCUT2D eigenvalue weighted by Crippen LogP contribution is -2.29. The number of hydrogen-bond acceptors (Lipinski definition) is 3. The fourth-order valence-corrected chi connectivity index (χ4v) is 3.24. The van der Waals surface area contributed by atoms with Gasteiger partial charge in [0.25, 0.3) is 0 Å². The van der Waals surface area contributed by atoms with Crippen LogP contribution in [0.1, 0.15) is 44.2 Å². The molecule has 0 bridgehead atoms. The summed E-state index contributed by atoms with van der Waals surface area (Å²) in [5.41, 5.74) is 2.03. The Morgan fingerprint density at radius 3 is 2.24 bits per heavy atom. The number of nitrogens with zero attached hydrogens (tertiary/aromatic N) is 1. The van der Waals surface area contributed by atoms with Crippen molar-refractivity contribution in [2.75, 3.05) is 20.1 Å². The molecule has 0 aliphatic carbocycles. The predicted octanol–water partition coefficient (Wildman–Crippen LogP) is 2.75. The molecule has 0 fully saturated rings. The van der Waals surface area contributed by atoms with Crippen LogP contribution in [-0.4, -0.2) is 32.9 Å². The van der Waals surface area contributed by atoms with Crippen LogP contribution in [0.5, 0.6) is 0 Å². The van der Waals surface area contributed by atoms with Crippen LogP contribution in [0.2, 0.25) is 0 Å². The summed E-state index contributed by atoms with van der Waals surface area (Å²) < 4.78 is 25.9. The van der Waals surface area contributed by atoms with Crippen LogP contribution < -0.4 is 5.32 Å². The maximum Gasteiger partial charge on any atom is 0.218 e. The van der Waals surface area contributed by atoms with Crippen molar-refractivity contribution < 1.29 is 8.42 Å². The van der Waals surface area contributed by atoms with Crippen LogP contribution in [0.4, 0.5) is 0 Å². The molecule has 1 rings (SSSR count). The van der Waals surface area contributed by atoms with Crippen molar-refractivity contribution in [2.45, 2.75) is 45.4 Å². The first-order valence-electron chi connectivity index (χ1n) is 7.72. The Hall–Kier alpha value is -0.910. The number of unbranched alkanes of at least 4 members (excludes halogenated alkanes) is 1. The fraction of sp³-hybridized carbons (Fsp3) is 0.625. The van der Waals surface area contributed by atoms with E-state index in [1.807, 2.05) is 24.3 Å². The molecule has 0 aliphatic heterocycles. The van der Waals surface area contributed by atoms with Crippen LogP contribution in [0.15, 0.2) is 24.3 Å². The summed E-state index contributed by atoms with van der Waals surface area (Å²) in [6, 6.07) is 7.82. The molecule has 0 saturated heterocycles. The lowest BCUT2D eigenvalue weighted by atomic mass is 10.1. The molecule has 0 heterocycles. The van der Waals surface area contributed by atoms with E-state index in [1.165, 1.54) is 9.87 Å². The number of rotatable bonds is 10. The summed E-state index contributed by atoms with van der Waals surface area (Å²) in [4.78, 5) is 0. The molecule has 0 atom stereocenters. The first-order chi connectivity index (χ1) is 9.99. The Balaban J connectivity index is 2.58. The normalized spacial score (nSPS) is 12.0. The number of sulfonamides is 1. The van der Waals surface area contributed by atoms with Crippen molar-refractivity contribution in [3.05, 3.63) is 35.4 Å². The highest BCUT2D eigenvalue weighted by Crippen LogP contribution is 2.12. The zero-order valence-corrected chi connectivity index (χ0v) is 14.2. The Kier molecular flexibility index (Phi) is 7.93. The standard InChI is InChI=1S/C16H28N2O2S/c1-4-6-12-18(3)21(19,20)14-16-9-7-15(8-10-16)13-17-11-5-2/h7-10,17H,4-6,11-14H2,1-3H3. The van der Waals surface area contributed by atoms with Gasteiger partial charge in [-0.05, 0) is 30.5 Å². The second-order valence-electron chi connectivity index (χ2n) is 5.42. The van der Waals surface area contributed by atoms with Gasteiger partial charge in [0.15, 0.2) is 0 Å². The molecule has 0 spiro atoms. The second kappa shape index (κ2) is 9.18. The molecule has 21 heavy (non-hydrogen) atoms. The predicted molar refractivity (Wildman–Crippen MR) is 88.6 cm³/mol. The molecule has 1 N–H and O–H groups in total. The second-order valence-corrected chi connectivity index (χ2v) is 7.50.